The third-order valence-corrected chi connectivity index (χ3v) is 5.87. The number of pyridine rings is 1. The topological polar surface area (TPSA) is 113 Å². The number of aryl methyl sites for hydroxylation is 3. The molecule has 41 heavy (non-hydrogen) atoms. The SMILES string of the molecule is CCOC.CCn1cc(-c2cnc(Nc3cc(C)cc(OC)c3)nc2-n2nc(C(F)(F)F)cc2C)cc(C=O)c1=O. The molecule has 0 spiro atoms. The van der Waals surface area contributed by atoms with E-state index in [4.69, 9.17) is 4.74 Å². The summed E-state index contributed by atoms with van der Waals surface area (Å²) in [5, 5.41) is 6.79. The number of ether oxygens (including phenoxy) is 2. The number of hydrogen-bond donors (Lipinski definition) is 1. The van der Waals surface area contributed by atoms with Gasteiger partial charge in [0, 0.05) is 61.2 Å². The molecule has 0 fully saturated rings. The number of nitrogens with one attached hydrogen (secondary N) is 1. The quantitative estimate of drug-likeness (QED) is 0.281. The molecule has 1 aromatic carbocycles. The molecule has 0 aliphatic carbocycles. The van der Waals surface area contributed by atoms with E-state index in [9.17, 15) is 22.8 Å². The van der Waals surface area contributed by atoms with Gasteiger partial charge in [0.15, 0.2) is 17.8 Å². The Labute approximate surface area is 234 Å². The number of carbonyl (C=O) groups is 1. The van der Waals surface area contributed by atoms with E-state index in [0.29, 0.717) is 23.3 Å². The van der Waals surface area contributed by atoms with E-state index in [1.165, 1.54) is 37.1 Å². The summed E-state index contributed by atoms with van der Waals surface area (Å²) in [6.45, 7) is 8.13. The van der Waals surface area contributed by atoms with Crippen LogP contribution in [-0.2, 0) is 17.5 Å². The summed E-state index contributed by atoms with van der Waals surface area (Å²) in [6, 6.07) is 7.64. The number of anilines is 2. The van der Waals surface area contributed by atoms with Crippen LogP contribution in [0.25, 0.3) is 16.9 Å². The standard InChI is InChI=1S/C25H23F3N6O3.C3H8O/c1-5-33-12-16(9-17(13-35)23(33)36)20-11-29-24(30-18-6-14(2)7-19(10-18)37-4)31-22(20)34-15(3)8-21(32-34)25(26,27)28;1-3-4-2/h6-13H,5H2,1-4H3,(H,29,30,31);3H2,1-2H3. The summed E-state index contributed by atoms with van der Waals surface area (Å²) < 4.78 is 52.5. The van der Waals surface area contributed by atoms with E-state index in [1.54, 1.807) is 20.1 Å². The lowest BCUT2D eigenvalue weighted by molar-refractivity contribution is -0.141. The molecule has 13 heteroatoms. The number of halogens is 3. The molecular formula is C28H31F3N6O4. The maximum Gasteiger partial charge on any atom is 0.435 e. The van der Waals surface area contributed by atoms with Crippen molar-refractivity contribution in [3.05, 3.63) is 75.6 Å². The molecule has 0 saturated carbocycles. The Morgan fingerprint density at radius 3 is 2.34 bits per heavy atom. The largest absolute Gasteiger partial charge is 0.497 e. The second-order valence-corrected chi connectivity index (χ2v) is 8.85. The minimum atomic E-state index is -4.66. The maximum absolute atomic E-state index is 13.4. The van der Waals surface area contributed by atoms with Gasteiger partial charge in [-0.05, 0) is 57.5 Å². The Morgan fingerprint density at radius 2 is 1.78 bits per heavy atom. The second-order valence-electron chi connectivity index (χ2n) is 8.85. The number of aldehydes is 1. The monoisotopic (exact) mass is 572 g/mol. The van der Waals surface area contributed by atoms with Crippen molar-refractivity contribution < 1.29 is 27.4 Å². The van der Waals surface area contributed by atoms with Gasteiger partial charge in [-0.1, -0.05) is 0 Å². The van der Waals surface area contributed by atoms with E-state index in [1.807, 2.05) is 26.0 Å². The molecule has 0 amide bonds. The Kier molecular flexibility index (Phi) is 10.0. The Morgan fingerprint density at radius 1 is 1.07 bits per heavy atom. The maximum atomic E-state index is 13.4. The van der Waals surface area contributed by atoms with Crippen LogP contribution >= 0.6 is 0 Å². The highest BCUT2D eigenvalue weighted by atomic mass is 19.4. The molecule has 0 atom stereocenters. The van der Waals surface area contributed by atoms with Crippen LogP contribution in [0.15, 0.2) is 47.5 Å². The number of benzene rings is 1. The van der Waals surface area contributed by atoms with Crippen molar-refractivity contribution >= 4 is 17.9 Å². The number of nitrogens with zero attached hydrogens (tertiary/aromatic N) is 5. The molecule has 0 bridgehead atoms. The zero-order chi connectivity index (χ0) is 30.3. The minimum Gasteiger partial charge on any atom is -0.497 e. The molecule has 4 aromatic rings. The van der Waals surface area contributed by atoms with Crippen molar-refractivity contribution in [3.8, 4) is 22.7 Å². The first-order chi connectivity index (χ1) is 19.4. The van der Waals surface area contributed by atoms with Crippen LogP contribution < -0.4 is 15.6 Å². The molecule has 4 rings (SSSR count). The van der Waals surface area contributed by atoms with Gasteiger partial charge in [0.25, 0.3) is 5.56 Å². The fourth-order valence-electron chi connectivity index (χ4n) is 3.82. The van der Waals surface area contributed by atoms with Crippen LogP contribution in [0.1, 0.15) is 41.2 Å². The van der Waals surface area contributed by atoms with E-state index in [2.05, 4.69) is 25.1 Å². The highest BCUT2D eigenvalue weighted by molar-refractivity contribution is 5.80. The van der Waals surface area contributed by atoms with Crippen molar-refractivity contribution in [3.63, 3.8) is 0 Å². The van der Waals surface area contributed by atoms with Gasteiger partial charge in [-0.3, -0.25) is 9.59 Å². The van der Waals surface area contributed by atoms with Crippen LogP contribution in [0.2, 0.25) is 0 Å². The minimum absolute atomic E-state index is 0.0308. The predicted octanol–water partition coefficient (Wildman–Crippen LogP) is 5.36. The second kappa shape index (κ2) is 13.2. The van der Waals surface area contributed by atoms with Gasteiger partial charge in [-0.25, -0.2) is 9.67 Å². The van der Waals surface area contributed by atoms with E-state index >= 15 is 0 Å². The van der Waals surface area contributed by atoms with Gasteiger partial charge in [0.2, 0.25) is 5.95 Å². The first-order valence-electron chi connectivity index (χ1n) is 12.6. The normalized spacial score (nSPS) is 11.0. The van der Waals surface area contributed by atoms with Crippen LogP contribution in [0.4, 0.5) is 24.8 Å². The van der Waals surface area contributed by atoms with Crippen molar-refractivity contribution in [1.29, 1.82) is 0 Å². The fraction of sp³-hybridized carbons (Fsp3) is 0.321. The number of carbonyl (C=O) groups excluding carboxylic acids is 1. The summed E-state index contributed by atoms with van der Waals surface area (Å²) in [5.74, 6) is 0.720. The third-order valence-electron chi connectivity index (χ3n) is 5.87. The van der Waals surface area contributed by atoms with Gasteiger partial charge >= 0.3 is 6.18 Å². The van der Waals surface area contributed by atoms with Crippen molar-refractivity contribution in [2.75, 3.05) is 26.1 Å². The molecule has 1 N–H and O–H groups in total. The van der Waals surface area contributed by atoms with Crippen molar-refractivity contribution in [2.24, 2.45) is 0 Å². The van der Waals surface area contributed by atoms with Gasteiger partial charge in [0.05, 0.1) is 12.7 Å². The highest BCUT2D eigenvalue weighted by Crippen LogP contribution is 2.32. The van der Waals surface area contributed by atoms with Crippen LogP contribution in [0.3, 0.4) is 0 Å². The molecule has 0 unspecified atom stereocenters. The lowest BCUT2D eigenvalue weighted by atomic mass is 10.1. The molecule has 0 aliphatic heterocycles. The molecule has 10 nitrogen and oxygen atoms in total. The van der Waals surface area contributed by atoms with Gasteiger partial charge in [-0.2, -0.15) is 23.3 Å². The summed E-state index contributed by atoms with van der Waals surface area (Å²) in [5.41, 5.74) is 0.654. The zero-order valence-corrected chi connectivity index (χ0v) is 23.5. The Hall–Kier alpha value is -4.52. The van der Waals surface area contributed by atoms with Crippen molar-refractivity contribution in [1.82, 2.24) is 24.3 Å². The Balaban J connectivity index is 0.00000108. The number of aromatic nitrogens is 5. The highest BCUT2D eigenvalue weighted by Gasteiger charge is 2.35. The molecule has 0 saturated heterocycles. The Bertz CT molecular complexity index is 1580. The number of hydrogen-bond acceptors (Lipinski definition) is 8. The smallest absolute Gasteiger partial charge is 0.435 e. The fourth-order valence-corrected chi connectivity index (χ4v) is 3.82. The average Bonchev–Trinajstić information content (AvgIpc) is 3.35. The van der Waals surface area contributed by atoms with Gasteiger partial charge < -0.3 is 19.4 Å². The van der Waals surface area contributed by atoms with Crippen LogP contribution in [0.5, 0.6) is 5.75 Å². The lowest BCUT2D eigenvalue weighted by Gasteiger charge is -2.15. The van der Waals surface area contributed by atoms with Crippen molar-refractivity contribution in [2.45, 2.75) is 40.4 Å². The summed E-state index contributed by atoms with van der Waals surface area (Å²) in [4.78, 5) is 32.8. The number of rotatable bonds is 8. The molecule has 3 heterocycles. The molecular weight excluding hydrogens is 541 g/mol. The predicted molar refractivity (Wildman–Crippen MR) is 148 cm³/mol. The average molecular weight is 573 g/mol. The van der Waals surface area contributed by atoms with Gasteiger partial charge in [-0.15, -0.1) is 0 Å². The zero-order valence-electron chi connectivity index (χ0n) is 23.5. The third kappa shape index (κ3) is 7.37. The van der Waals surface area contributed by atoms with E-state index in [-0.39, 0.29) is 35.1 Å². The summed E-state index contributed by atoms with van der Waals surface area (Å²) >= 11 is 0. The van der Waals surface area contributed by atoms with E-state index in [0.717, 1.165) is 22.9 Å². The first-order valence-corrected chi connectivity index (χ1v) is 12.6. The van der Waals surface area contributed by atoms with Gasteiger partial charge in [0.1, 0.15) is 5.75 Å². The molecule has 0 radical (unpaired) electrons. The lowest BCUT2D eigenvalue weighted by Crippen LogP contribution is -2.22. The molecule has 0 aliphatic rings. The first kappa shape index (κ1) is 31.0. The number of methoxy groups -OCH3 is 2. The van der Waals surface area contributed by atoms with Crippen LogP contribution in [0, 0.1) is 13.8 Å². The summed E-state index contributed by atoms with van der Waals surface area (Å²) in [6.07, 6.45) is -1.33. The molecule has 3 aromatic heterocycles. The van der Waals surface area contributed by atoms with E-state index < -0.39 is 17.4 Å². The molecule has 218 valence electrons. The summed E-state index contributed by atoms with van der Waals surface area (Å²) in [7, 11) is 3.21. The van der Waals surface area contributed by atoms with Crippen LogP contribution in [-0.4, -0.2) is 51.4 Å². The number of alkyl halides is 3.